The van der Waals surface area contributed by atoms with Gasteiger partial charge in [-0.2, -0.15) is 0 Å². The fraction of sp³-hybridized carbons (Fsp3) is 0.640. The number of amides is 3. The van der Waals surface area contributed by atoms with Crippen LogP contribution >= 0.6 is 0 Å². The zero-order valence-corrected chi connectivity index (χ0v) is 20.8. The van der Waals surface area contributed by atoms with Crippen LogP contribution in [0.15, 0.2) is 12.1 Å². The molecule has 3 rings (SSSR count). The van der Waals surface area contributed by atoms with Gasteiger partial charge in [-0.15, -0.1) is 0 Å². The summed E-state index contributed by atoms with van der Waals surface area (Å²) in [6.07, 6.45) is 2.40. The molecule has 2 aliphatic rings. The van der Waals surface area contributed by atoms with Crippen LogP contribution in [0.25, 0.3) is 0 Å². The van der Waals surface area contributed by atoms with Crippen LogP contribution in [0, 0.1) is 6.92 Å². The van der Waals surface area contributed by atoms with Gasteiger partial charge in [0, 0.05) is 43.7 Å². The third kappa shape index (κ3) is 5.32. The van der Waals surface area contributed by atoms with Crippen molar-refractivity contribution in [1.29, 1.82) is 0 Å². The second kappa shape index (κ2) is 10.1. The van der Waals surface area contributed by atoms with E-state index in [9.17, 15) is 14.4 Å². The zero-order valence-electron chi connectivity index (χ0n) is 20.8. The van der Waals surface area contributed by atoms with Crippen LogP contribution in [-0.4, -0.2) is 66.5 Å². The molecule has 0 bridgehead atoms. The molecule has 2 N–H and O–H groups in total. The second-order valence-electron chi connectivity index (χ2n) is 9.71. The van der Waals surface area contributed by atoms with E-state index in [1.807, 2.05) is 31.7 Å². The van der Waals surface area contributed by atoms with Crippen LogP contribution in [0.2, 0.25) is 0 Å². The minimum Gasteiger partial charge on any atom is -0.476 e. The average molecular weight is 459 g/mol. The highest BCUT2D eigenvalue weighted by Crippen LogP contribution is 2.40. The molecule has 1 unspecified atom stereocenters. The first-order chi connectivity index (χ1) is 15.6. The van der Waals surface area contributed by atoms with Gasteiger partial charge < -0.3 is 25.2 Å². The molecule has 1 saturated heterocycles. The van der Waals surface area contributed by atoms with Crippen LogP contribution in [0.5, 0.6) is 5.75 Å². The first-order valence-corrected chi connectivity index (χ1v) is 12.0. The van der Waals surface area contributed by atoms with E-state index in [1.165, 1.54) is 0 Å². The maximum atomic E-state index is 13.7. The van der Waals surface area contributed by atoms with Crippen molar-refractivity contribution in [3.8, 4) is 5.75 Å². The van der Waals surface area contributed by atoms with Crippen molar-refractivity contribution in [3.05, 3.63) is 23.3 Å². The van der Waals surface area contributed by atoms with Crippen molar-refractivity contribution in [2.45, 2.75) is 78.5 Å². The van der Waals surface area contributed by atoms with Crippen molar-refractivity contribution in [2.75, 3.05) is 31.1 Å². The Kier molecular flexibility index (Phi) is 7.67. The standard InChI is InChI=1S/C25H38N4O4/c1-7-22(30)27-11-12-28-20-14-19(17(4)13-21(20)33-25(5,6)24(28)32)23(31)29(16(2)3)18-9-8-10-26-15-18/h13-14,16,18,26H,7-12,15H2,1-6H3,(H,27,30). The van der Waals surface area contributed by atoms with Gasteiger partial charge >= 0.3 is 0 Å². The Bertz CT molecular complexity index is 906. The summed E-state index contributed by atoms with van der Waals surface area (Å²) in [4.78, 5) is 42.2. The van der Waals surface area contributed by atoms with E-state index in [0.29, 0.717) is 36.5 Å². The molecule has 1 fully saturated rings. The van der Waals surface area contributed by atoms with Gasteiger partial charge in [0.05, 0.1) is 5.69 Å². The number of hydrogen-bond acceptors (Lipinski definition) is 5. The molecule has 0 aliphatic carbocycles. The van der Waals surface area contributed by atoms with Gasteiger partial charge in [-0.25, -0.2) is 0 Å². The lowest BCUT2D eigenvalue weighted by atomic mass is 9.97. The second-order valence-corrected chi connectivity index (χ2v) is 9.71. The normalized spacial score (nSPS) is 19.7. The number of rotatable bonds is 7. The summed E-state index contributed by atoms with van der Waals surface area (Å²) in [6.45, 7) is 13.6. The van der Waals surface area contributed by atoms with Crippen molar-refractivity contribution >= 4 is 23.4 Å². The quantitative estimate of drug-likeness (QED) is 0.656. The summed E-state index contributed by atoms with van der Waals surface area (Å²) in [5.41, 5.74) is 0.936. The highest BCUT2D eigenvalue weighted by atomic mass is 16.5. The van der Waals surface area contributed by atoms with E-state index in [-0.39, 0.29) is 29.8 Å². The molecule has 2 heterocycles. The summed E-state index contributed by atoms with van der Waals surface area (Å²) >= 11 is 0. The molecule has 0 spiro atoms. The third-order valence-electron chi connectivity index (χ3n) is 6.39. The molecule has 182 valence electrons. The van der Waals surface area contributed by atoms with Gasteiger partial charge in [0.25, 0.3) is 11.8 Å². The molecule has 0 saturated carbocycles. The molecular formula is C25H38N4O4. The Morgan fingerprint density at radius 3 is 2.67 bits per heavy atom. The van der Waals surface area contributed by atoms with Gasteiger partial charge in [0.15, 0.2) is 5.60 Å². The molecule has 8 nitrogen and oxygen atoms in total. The monoisotopic (exact) mass is 458 g/mol. The molecule has 1 aromatic rings. The van der Waals surface area contributed by atoms with Crippen LogP contribution in [0.3, 0.4) is 0 Å². The highest BCUT2D eigenvalue weighted by molar-refractivity contribution is 6.05. The van der Waals surface area contributed by atoms with Gasteiger partial charge in [-0.05, 0) is 71.7 Å². The first-order valence-electron chi connectivity index (χ1n) is 12.0. The Balaban J connectivity index is 1.96. The maximum Gasteiger partial charge on any atom is 0.270 e. The van der Waals surface area contributed by atoms with Crippen LogP contribution < -0.4 is 20.3 Å². The topological polar surface area (TPSA) is 91.0 Å². The number of benzene rings is 1. The smallest absolute Gasteiger partial charge is 0.270 e. The summed E-state index contributed by atoms with van der Waals surface area (Å²) < 4.78 is 6.04. The fourth-order valence-corrected chi connectivity index (χ4v) is 4.63. The molecule has 1 atom stereocenters. The fourth-order valence-electron chi connectivity index (χ4n) is 4.63. The van der Waals surface area contributed by atoms with Crippen LogP contribution in [0.4, 0.5) is 5.69 Å². The Morgan fingerprint density at radius 1 is 1.33 bits per heavy atom. The van der Waals surface area contributed by atoms with Gasteiger partial charge in [0.2, 0.25) is 5.91 Å². The van der Waals surface area contributed by atoms with E-state index in [0.717, 1.165) is 31.5 Å². The van der Waals surface area contributed by atoms with Gasteiger partial charge in [-0.3, -0.25) is 14.4 Å². The minimum absolute atomic E-state index is 0.0319. The zero-order chi connectivity index (χ0) is 24.3. The number of carbonyl (C=O) groups is 3. The van der Waals surface area contributed by atoms with Crippen LogP contribution in [-0.2, 0) is 9.59 Å². The largest absolute Gasteiger partial charge is 0.476 e. The highest BCUT2D eigenvalue weighted by Gasteiger charge is 2.41. The Hall–Kier alpha value is -2.61. The first kappa shape index (κ1) is 25.0. The summed E-state index contributed by atoms with van der Waals surface area (Å²) in [6, 6.07) is 3.83. The predicted octanol–water partition coefficient (Wildman–Crippen LogP) is 2.63. The molecular weight excluding hydrogens is 420 g/mol. The Morgan fingerprint density at radius 2 is 2.06 bits per heavy atom. The molecule has 2 aliphatic heterocycles. The van der Waals surface area contributed by atoms with Gasteiger partial charge in [0.1, 0.15) is 5.75 Å². The van der Waals surface area contributed by atoms with Crippen molar-refractivity contribution in [1.82, 2.24) is 15.5 Å². The SMILES string of the molecule is CCC(=O)NCCN1C(=O)C(C)(C)Oc2cc(C)c(C(=O)N(C(C)C)C3CCCNC3)cc21. The van der Waals surface area contributed by atoms with Crippen molar-refractivity contribution in [3.63, 3.8) is 0 Å². The lowest BCUT2D eigenvalue weighted by Gasteiger charge is -2.40. The molecule has 3 amide bonds. The molecule has 0 aromatic heterocycles. The maximum absolute atomic E-state index is 13.7. The molecule has 0 radical (unpaired) electrons. The van der Waals surface area contributed by atoms with E-state index in [2.05, 4.69) is 10.6 Å². The molecule has 1 aromatic carbocycles. The average Bonchev–Trinajstić information content (AvgIpc) is 2.76. The number of nitrogens with zero attached hydrogens (tertiary/aromatic N) is 2. The number of nitrogens with one attached hydrogen (secondary N) is 2. The van der Waals surface area contributed by atoms with E-state index < -0.39 is 5.60 Å². The minimum atomic E-state index is -1.03. The summed E-state index contributed by atoms with van der Waals surface area (Å²) in [7, 11) is 0. The van der Waals surface area contributed by atoms with Crippen molar-refractivity contribution < 1.29 is 19.1 Å². The van der Waals surface area contributed by atoms with E-state index >= 15 is 0 Å². The molecule has 33 heavy (non-hydrogen) atoms. The van der Waals surface area contributed by atoms with E-state index in [4.69, 9.17) is 4.74 Å². The Labute approximate surface area is 197 Å². The number of fused-ring (bicyclic) bond motifs is 1. The van der Waals surface area contributed by atoms with Crippen LogP contribution in [0.1, 0.15) is 69.8 Å². The number of hydrogen-bond donors (Lipinski definition) is 2. The summed E-state index contributed by atoms with van der Waals surface area (Å²) in [5, 5.41) is 6.23. The van der Waals surface area contributed by atoms with E-state index in [1.54, 1.807) is 31.7 Å². The third-order valence-corrected chi connectivity index (χ3v) is 6.39. The number of aryl methyl sites for hydroxylation is 1. The number of ether oxygens (including phenoxy) is 1. The summed E-state index contributed by atoms with van der Waals surface area (Å²) in [5.74, 6) is 0.283. The predicted molar refractivity (Wildman–Crippen MR) is 129 cm³/mol. The lowest BCUT2D eigenvalue weighted by Crippen LogP contribution is -2.54. The number of piperidine rings is 1. The number of carbonyl (C=O) groups excluding carboxylic acids is 3. The molecule has 8 heteroatoms. The van der Waals surface area contributed by atoms with Gasteiger partial charge in [-0.1, -0.05) is 6.92 Å². The lowest BCUT2D eigenvalue weighted by molar-refractivity contribution is -0.132. The number of anilines is 1. The van der Waals surface area contributed by atoms with Crippen molar-refractivity contribution in [2.24, 2.45) is 0 Å².